The van der Waals surface area contributed by atoms with E-state index in [2.05, 4.69) is 49.8 Å². The standard InChI is InChI=1S/C7H9NO.C6H8ClNO.C6H7NO2.C4H7BrO.C3H5NO/c1-3-6-5-9-7(4-2)8-6;1-2-5-4-9-6(3-7)8-5;1-2-5-4-9-6(3-8)7-5;1-2-4(6)3-5;1-2-3(4)5/h4-5H,2-3H2,1H3;4H,2-3H2,1H3;3-4H,2H2,1H3;2-3H2,1H3;2H,1H2,(H2,4,5). The number of hydrogen-bond acceptors (Lipinski definition) is 9. The minimum Gasteiger partial charge on any atom is -0.447 e. The van der Waals surface area contributed by atoms with Crippen molar-refractivity contribution in [2.45, 2.75) is 59.3 Å². The number of aromatic nitrogens is 3. The van der Waals surface area contributed by atoms with Crippen LogP contribution in [0.2, 0.25) is 0 Å². The number of oxazole rings is 3. The lowest BCUT2D eigenvalue weighted by Gasteiger charge is -1.79. The third-order valence-electron chi connectivity index (χ3n) is 3.96. The number of aldehydes is 1. The molecule has 0 bridgehead atoms. The van der Waals surface area contributed by atoms with Gasteiger partial charge in [0.15, 0.2) is 0 Å². The molecule has 0 radical (unpaired) electrons. The molecule has 0 aliphatic carbocycles. The molecule has 3 rings (SSSR count). The molecule has 0 aromatic carbocycles. The number of Topliss-reactive ketones (excluding diaryl/α,β-unsaturated/α-hetero) is 1. The molecule has 0 saturated heterocycles. The molecule has 210 valence electrons. The maximum atomic E-state index is 10.1. The maximum absolute atomic E-state index is 10.1. The average molecular weight is 616 g/mol. The largest absolute Gasteiger partial charge is 0.447 e. The van der Waals surface area contributed by atoms with E-state index in [0.717, 1.165) is 42.4 Å². The lowest BCUT2D eigenvalue weighted by atomic mass is 10.4. The molecule has 0 spiro atoms. The number of hydrogen-bond donors (Lipinski definition) is 1. The van der Waals surface area contributed by atoms with E-state index in [0.29, 0.717) is 35.7 Å². The lowest BCUT2D eigenvalue weighted by molar-refractivity contribution is -0.116. The number of ketones is 1. The molecule has 0 aliphatic rings. The lowest BCUT2D eigenvalue weighted by Crippen LogP contribution is -2.04. The summed E-state index contributed by atoms with van der Waals surface area (Å²) in [6.45, 7) is 14.5. The fourth-order valence-electron chi connectivity index (χ4n) is 1.79. The predicted molar refractivity (Wildman–Crippen MR) is 151 cm³/mol. The van der Waals surface area contributed by atoms with Crippen molar-refractivity contribution in [2.75, 3.05) is 5.33 Å². The highest BCUT2D eigenvalue weighted by Gasteiger charge is 1.98. The number of primary amides is 1. The fraction of sp³-hybridized carbons (Fsp3) is 0.385. The molecular weight excluding hydrogens is 580 g/mol. The Bertz CT molecular complexity index is 1010. The van der Waals surface area contributed by atoms with Gasteiger partial charge in [0.2, 0.25) is 24.0 Å². The molecule has 0 atom stereocenters. The first kappa shape index (κ1) is 36.8. The summed E-state index contributed by atoms with van der Waals surface area (Å²) in [5.74, 6) is 1.51. The van der Waals surface area contributed by atoms with Gasteiger partial charge in [-0.2, -0.15) is 0 Å². The van der Waals surface area contributed by atoms with Gasteiger partial charge in [0.25, 0.3) is 5.89 Å². The van der Waals surface area contributed by atoms with Crippen molar-refractivity contribution < 1.29 is 27.6 Å². The monoisotopic (exact) mass is 614 g/mol. The first-order valence-electron chi connectivity index (χ1n) is 11.6. The molecule has 12 heteroatoms. The van der Waals surface area contributed by atoms with Gasteiger partial charge in [0.05, 0.1) is 28.3 Å². The highest BCUT2D eigenvalue weighted by molar-refractivity contribution is 9.09. The Labute approximate surface area is 236 Å². The van der Waals surface area contributed by atoms with Gasteiger partial charge in [0.1, 0.15) is 24.6 Å². The van der Waals surface area contributed by atoms with E-state index in [4.69, 9.17) is 24.9 Å². The van der Waals surface area contributed by atoms with Crippen LogP contribution in [0.1, 0.15) is 73.7 Å². The van der Waals surface area contributed by atoms with Gasteiger partial charge >= 0.3 is 0 Å². The maximum Gasteiger partial charge on any atom is 0.259 e. The molecule has 3 aromatic heterocycles. The van der Waals surface area contributed by atoms with Gasteiger partial charge in [-0.15, -0.1) is 11.6 Å². The second-order valence-corrected chi connectivity index (χ2v) is 7.56. The van der Waals surface area contributed by atoms with Crippen molar-refractivity contribution in [2.24, 2.45) is 5.73 Å². The van der Waals surface area contributed by atoms with Crippen molar-refractivity contribution in [1.82, 2.24) is 15.0 Å². The summed E-state index contributed by atoms with van der Waals surface area (Å²) in [7, 11) is 0. The molecule has 2 N–H and O–H groups in total. The van der Waals surface area contributed by atoms with Crippen LogP contribution in [0.4, 0.5) is 0 Å². The van der Waals surface area contributed by atoms with Crippen molar-refractivity contribution >= 4 is 51.6 Å². The van der Waals surface area contributed by atoms with Gasteiger partial charge in [-0.1, -0.05) is 56.8 Å². The smallest absolute Gasteiger partial charge is 0.259 e. The second kappa shape index (κ2) is 24.1. The topological polar surface area (TPSA) is 155 Å². The second-order valence-electron chi connectivity index (χ2n) is 6.74. The Morgan fingerprint density at radius 3 is 1.58 bits per heavy atom. The third-order valence-corrected chi connectivity index (χ3v) is 4.81. The summed E-state index contributed by atoms with van der Waals surface area (Å²) < 4.78 is 14.7. The zero-order chi connectivity index (χ0) is 29.3. The van der Waals surface area contributed by atoms with Gasteiger partial charge in [-0.3, -0.25) is 14.4 Å². The van der Waals surface area contributed by atoms with Crippen LogP contribution in [0.3, 0.4) is 0 Å². The summed E-state index contributed by atoms with van der Waals surface area (Å²) in [6.07, 6.45) is 11.3. The number of nitrogens with zero attached hydrogens (tertiary/aromatic N) is 3. The molecular formula is C26H36BrClN4O6. The first-order valence-corrected chi connectivity index (χ1v) is 13.3. The predicted octanol–water partition coefficient (Wildman–Crippen LogP) is 5.92. The molecule has 10 nitrogen and oxygen atoms in total. The normalized spacial score (nSPS) is 9.00. The van der Waals surface area contributed by atoms with E-state index in [1.54, 1.807) is 18.6 Å². The molecule has 1 amide bonds. The van der Waals surface area contributed by atoms with Gasteiger partial charge < -0.3 is 19.0 Å². The zero-order valence-corrected chi connectivity index (χ0v) is 24.6. The van der Waals surface area contributed by atoms with Crippen molar-refractivity contribution in [1.29, 1.82) is 0 Å². The van der Waals surface area contributed by atoms with Crippen LogP contribution in [0.25, 0.3) is 6.08 Å². The minimum absolute atomic E-state index is 0.159. The minimum atomic E-state index is -0.481. The van der Waals surface area contributed by atoms with E-state index in [9.17, 15) is 14.4 Å². The Morgan fingerprint density at radius 1 is 0.921 bits per heavy atom. The summed E-state index contributed by atoms with van der Waals surface area (Å²) >= 11 is 8.47. The van der Waals surface area contributed by atoms with Crippen LogP contribution in [-0.4, -0.2) is 38.3 Å². The first-order chi connectivity index (χ1) is 18.2. The van der Waals surface area contributed by atoms with E-state index in [1.807, 2.05) is 27.7 Å². The van der Waals surface area contributed by atoms with E-state index < -0.39 is 5.91 Å². The Balaban J connectivity index is 0. The summed E-state index contributed by atoms with van der Waals surface area (Å²) in [5.41, 5.74) is 7.29. The summed E-state index contributed by atoms with van der Waals surface area (Å²) in [4.78, 5) is 41.5. The van der Waals surface area contributed by atoms with E-state index >= 15 is 0 Å². The molecule has 0 aliphatic heterocycles. The molecule has 38 heavy (non-hydrogen) atoms. The van der Waals surface area contributed by atoms with Crippen molar-refractivity contribution in [3.8, 4) is 0 Å². The van der Waals surface area contributed by atoms with Crippen LogP contribution >= 0.6 is 27.5 Å². The molecule has 0 fully saturated rings. The molecule has 0 unspecified atom stereocenters. The van der Waals surface area contributed by atoms with Crippen LogP contribution in [0.15, 0.2) is 51.3 Å². The van der Waals surface area contributed by atoms with Crippen LogP contribution in [-0.2, 0) is 34.7 Å². The van der Waals surface area contributed by atoms with Gasteiger partial charge in [-0.05, 0) is 31.4 Å². The number of nitrogens with two attached hydrogens (primary N) is 1. The van der Waals surface area contributed by atoms with E-state index in [1.165, 1.54) is 6.26 Å². The Kier molecular flexibility index (Phi) is 23.3. The summed E-state index contributed by atoms with van der Waals surface area (Å²) in [6, 6.07) is 0. The van der Waals surface area contributed by atoms with Crippen molar-refractivity contribution in [3.05, 3.63) is 72.8 Å². The Morgan fingerprint density at radius 2 is 1.37 bits per heavy atom. The fourth-order valence-corrected chi connectivity index (χ4v) is 2.30. The SMILES string of the molecule is C=CC(N)=O.C=Cc1nc(CC)co1.CCC(=O)CBr.CCc1coc(C=O)n1.CCc1coc(CCl)n1. The molecule has 3 heterocycles. The van der Waals surface area contributed by atoms with Crippen molar-refractivity contribution in [3.63, 3.8) is 0 Å². The van der Waals surface area contributed by atoms with Gasteiger partial charge in [-0.25, -0.2) is 15.0 Å². The summed E-state index contributed by atoms with van der Waals surface area (Å²) in [5, 5.41) is 0.503. The number of alkyl halides is 2. The van der Waals surface area contributed by atoms with Crippen LogP contribution < -0.4 is 5.73 Å². The number of halogens is 2. The number of aryl methyl sites for hydroxylation is 3. The average Bonchev–Trinajstić information content (AvgIpc) is 3.74. The quantitative estimate of drug-likeness (QED) is 0.175. The number of rotatable bonds is 9. The number of carbonyl (C=O) groups excluding carboxylic acids is 3. The highest BCUT2D eigenvalue weighted by atomic mass is 79.9. The van der Waals surface area contributed by atoms with E-state index in [-0.39, 0.29) is 11.7 Å². The molecule has 3 aromatic rings. The number of carbonyl (C=O) groups is 3. The van der Waals surface area contributed by atoms with Crippen LogP contribution in [0.5, 0.6) is 0 Å². The van der Waals surface area contributed by atoms with Gasteiger partial charge in [0, 0.05) is 6.42 Å². The highest BCUT2D eigenvalue weighted by Crippen LogP contribution is 2.04. The molecule has 0 saturated carbocycles. The van der Waals surface area contributed by atoms with Crippen LogP contribution in [0, 0.1) is 0 Å². The third kappa shape index (κ3) is 18.9. The Hall–Kier alpha value is -3.31. The zero-order valence-electron chi connectivity index (χ0n) is 22.2. The number of amides is 1.